The van der Waals surface area contributed by atoms with Gasteiger partial charge in [0.05, 0.1) is 17.8 Å². The second kappa shape index (κ2) is 7.00. The van der Waals surface area contributed by atoms with Crippen LogP contribution in [0.25, 0.3) is 0 Å². The number of aliphatic hydroxyl groups excluding tert-OH is 1. The summed E-state index contributed by atoms with van der Waals surface area (Å²) in [6.45, 7) is 5.71. The summed E-state index contributed by atoms with van der Waals surface area (Å²) in [4.78, 5) is 6.63. The summed E-state index contributed by atoms with van der Waals surface area (Å²) in [7, 11) is 0. The highest BCUT2D eigenvalue weighted by atomic mass is 16.5. The number of hydrogen-bond donors (Lipinski definition) is 1. The van der Waals surface area contributed by atoms with E-state index in [2.05, 4.69) is 41.0 Å². The Bertz CT molecular complexity index is 723. The van der Waals surface area contributed by atoms with E-state index >= 15 is 0 Å². The fraction of sp³-hybridized carbons (Fsp3) is 0.600. The first-order valence-corrected chi connectivity index (χ1v) is 9.54. The standard InChI is InChI=1S/C20H27N3O3/c1-14(2)18-21-19(26-22-18)23-10-8-20(9-11-23)13-16(24)12-17(25-20)15-6-4-3-5-7-15/h3-7,14,16-17,24H,8-13H2,1-2H3/t16-,17+/m0/s1. The van der Waals surface area contributed by atoms with Gasteiger partial charge in [0.15, 0.2) is 5.82 Å². The summed E-state index contributed by atoms with van der Waals surface area (Å²) in [5.74, 6) is 1.00. The molecule has 1 aromatic heterocycles. The van der Waals surface area contributed by atoms with Gasteiger partial charge in [-0.05, 0) is 18.4 Å². The minimum atomic E-state index is -0.323. The van der Waals surface area contributed by atoms with Gasteiger partial charge in [-0.3, -0.25) is 0 Å². The molecule has 2 saturated heterocycles. The molecule has 1 N–H and O–H groups in total. The Morgan fingerprint density at radius 2 is 1.92 bits per heavy atom. The molecule has 0 saturated carbocycles. The maximum atomic E-state index is 10.5. The van der Waals surface area contributed by atoms with E-state index in [0.29, 0.717) is 18.9 Å². The topological polar surface area (TPSA) is 71.6 Å². The Morgan fingerprint density at radius 1 is 1.19 bits per heavy atom. The van der Waals surface area contributed by atoms with Gasteiger partial charge >= 0.3 is 6.01 Å². The number of anilines is 1. The molecule has 0 radical (unpaired) electrons. The zero-order valence-corrected chi connectivity index (χ0v) is 15.5. The van der Waals surface area contributed by atoms with Gasteiger partial charge in [-0.25, -0.2) is 0 Å². The summed E-state index contributed by atoms with van der Waals surface area (Å²) >= 11 is 0. The van der Waals surface area contributed by atoms with Crippen LogP contribution in [-0.4, -0.2) is 40.0 Å². The highest BCUT2D eigenvalue weighted by molar-refractivity contribution is 5.27. The van der Waals surface area contributed by atoms with Crippen molar-refractivity contribution in [1.29, 1.82) is 0 Å². The number of rotatable bonds is 3. The van der Waals surface area contributed by atoms with Crippen LogP contribution in [0.5, 0.6) is 0 Å². The molecule has 6 heteroatoms. The van der Waals surface area contributed by atoms with Gasteiger partial charge in [0.2, 0.25) is 0 Å². The van der Waals surface area contributed by atoms with Crippen LogP contribution in [0, 0.1) is 0 Å². The van der Waals surface area contributed by atoms with Crippen molar-refractivity contribution in [3.63, 3.8) is 0 Å². The first-order chi connectivity index (χ1) is 12.5. The van der Waals surface area contributed by atoms with Crippen molar-refractivity contribution in [2.45, 2.75) is 63.3 Å². The lowest BCUT2D eigenvalue weighted by atomic mass is 9.81. The van der Waals surface area contributed by atoms with Gasteiger partial charge in [-0.15, -0.1) is 0 Å². The van der Waals surface area contributed by atoms with E-state index in [4.69, 9.17) is 9.26 Å². The normalized spacial score (nSPS) is 25.8. The molecule has 6 nitrogen and oxygen atoms in total. The van der Waals surface area contributed by atoms with Gasteiger partial charge in [-0.2, -0.15) is 4.98 Å². The van der Waals surface area contributed by atoms with E-state index in [1.165, 1.54) is 0 Å². The highest BCUT2D eigenvalue weighted by Crippen LogP contribution is 2.43. The third-order valence-electron chi connectivity index (χ3n) is 5.55. The van der Waals surface area contributed by atoms with E-state index in [-0.39, 0.29) is 23.7 Å². The van der Waals surface area contributed by atoms with Crippen LogP contribution in [0.2, 0.25) is 0 Å². The van der Waals surface area contributed by atoms with E-state index in [0.717, 1.165) is 37.3 Å². The molecular weight excluding hydrogens is 330 g/mol. The Morgan fingerprint density at radius 3 is 2.58 bits per heavy atom. The van der Waals surface area contributed by atoms with Crippen LogP contribution in [-0.2, 0) is 4.74 Å². The fourth-order valence-corrected chi connectivity index (χ4v) is 4.05. The Kier molecular flexibility index (Phi) is 4.71. The second-order valence-corrected chi connectivity index (χ2v) is 7.87. The SMILES string of the molecule is CC(C)c1noc(N2CCC3(CC2)C[C@@H](O)C[C@H](c2ccccc2)O3)n1. The fourth-order valence-electron chi connectivity index (χ4n) is 4.05. The average Bonchev–Trinajstić information content (AvgIpc) is 3.13. The predicted molar refractivity (Wildman–Crippen MR) is 98.1 cm³/mol. The van der Waals surface area contributed by atoms with E-state index in [1.807, 2.05) is 18.2 Å². The monoisotopic (exact) mass is 357 g/mol. The molecule has 2 aromatic rings. The molecule has 0 unspecified atom stereocenters. The average molecular weight is 357 g/mol. The molecule has 140 valence electrons. The maximum Gasteiger partial charge on any atom is 0.324 e. The van der Waals surface area contributed by atoms with Crippen LogP contribution < -0.4 is 4.90 Å². The summed E-state index contributed by atoms with van der Waals surface area (Å²) in [6, 6.07) is 10.8. The molecule has 2 atom stereocenters. The molecule has 2 aliphatic rings. The molecule has 2 fully saturated rings. The van der Waals surface area contributed by atoms with Crippen molar-refractivity contribution in [1.82, 2.24) is 10.1 Å². The molecule has 0 aliphatic carbocycles. The summed E-state index contributed by atoms with van der Waals surface area (Å²) in [5, 5.41) is 14.5. The molecule has 3 heterocycles. The minimum absolute atomic E-state index is 0.0394. The largest absolute Gasteiger partial charge is 0.393 e. The molecule has 1 spiro atoms. The van der Waals surface area contributed by atoms with Gasteiger partial charge in [0.1, 0.15) is 0 Å². The molecule has 0 amide bonds. The first-order valence-electron chi connectivity index (χ1n) is 9.54. The maximum absolute atomic E-state index is 10.5. The minimum Gasteiger partial charge on any atom is -0.393 e. The van der Waals surface area contributed by atoms with Crippen LogP contribution >= 0.6 is 0 Å². The molecule has 2 aliphatic heterocycles. The van der Waals surface area contributed by atoms with E-state index < -0.39 is 0 Å². The number of aromatic nitrogens is 2. The van der Waals surface area contributed by atoms with Crippen LogP contribution in [0.3, 0.4) is 0 Å². The van der Waals surface area contributed by atoms with Crippen molar-refractivity contribution in [3.05, 3.63) is 41.7 Å². The van der Waals surface area contributed by atoms with E-state index in [1.54, 1.807) is 0 Å². The third-order valence-corrected chi connectivity index (χ3v) is 5.55. The Hall–Kier alpha value is -1.92. The molecular formula is C20H27N3O3. The zero-order chi connectivity index (χ0) is 18.1. The second-order valence-electron chi connectivity index (χ2n) is 7.87. The van der Waals surface area contributed by atoms with Crippen LogP contribution in [0.1, 0.15) is 62.9 Å². The van der Waals surface area contributed by atoms with Crippen molar-refractivity contribution in [2.24, 2.45) is 0 Å². The number of hydrogen-bond acceptors (Lipinski definition) is 6. The molecule has 26 heavy (non-hydrogen) atoms. The van der Waals surface area contributed by atoms with Gasteiger partial charge in [-0.1, -0.05) is 49.3 Å². The predicted octanol–water partition coefficient (Wildman–Crippen LogP) is 3.44. The van der Waals surface area contributed by atoms with Crippen molar-refractivity contribution in [3.8, 4) is 0 Å². The molecule has 1 aromatic carbocycles. The number of aliphatic hydroxyl groups is 1. The number of nitrogens with zero attached hydrogens (tertiary/aromatic N) is 3. The zero-order valence-electron chi connectivity index (χ0n) is 15.5. The number of benzene rings is 1. The lowest BCUT2D eigenvalue weighted by molar-refractivity contribution is -0.173. The van der Waals surface area contributed by atoms with Gasteiger partial charge in [0.25, 0.3) is 0 Å². The smallest absolute Gasteiger partial charge is 0.324 e. The third kappa shape index (κ3) is 3.48. The lowest BCUT2D eigenvalue weighted by Crippen LogP contribution is -2.51. The molecule has 4 rings (SSSR count). The van der Waals surface area contributed by atoms with Gasteiger partial charge in [0, 0.05) is 31.8 Å². The molecule has 0 bridgehead atoms. The van der Waals surface area contributed by atoms with Gasteiger partial charge < -0.3 is 19.3 Å². The van der Waals surface area contributed by atoms with Crippen LogP contribution in [0.4, 0.5) is 6.01 Å². The van der Waals surface area contributed by atoms with Crippen molar-refractivity contribution in [2.75, 3.05) is 18.0 Å². The number of piperidine rings is 1. The van der Waals surface area contributed by atoms with E-state index in [9.17, 15) is 5.11 Å². The quantitative estimate of drug-likeness (QED) is 0.907. The summed E-state index contributed by atoms with van der Waals surface area (Å²) < 4.78 is 12.0. The van der Waals surface area contributed by atoms with Crippen molar-refractivity contribution >= 4 is 6.01 Å². The number of ether oxygens (including phenoxy) is 1. The van der Waals surface area contributed by atoms with Crippen LogP contribution in [0.15, 0.2) is 34.9 Å². The summed E-state index contributed by atoms with van der Waals surface area (Å²) in [5.41, 5.74) is 0.877. The Labute approximate surface area is 154 Å². The first kappa shape index (κ1) is 17.5. The lowest BCUT2D eigenvalue weighted by Gasteiger charge is -2.47. The van der Waals surface area contributed by atoms with Crippen molar-refractivity contribution < 1.29 is 14.4 Å². The summed E-state index contributed by atoms with van der Waals surface area (Å²) in [6.07, 6.45) is 2.71. The Balaban J connectivity index is 1.45. The highest BCUT2D eigenvalue weighted by Gasteiger charge is 2.44.